The third-order valence-electron chi connectivity index (χ3n) is 5.36. The highest BCUT2D eigenvalue weighted by Crippen LogP contribution is 2.24. The van der Waals surface area contributed by atoms with Gasteiger partial charge < -0.3 is 14.2 Å². The SMILES string of the molecule is CCCCCOc1ccc(C#Cc2ccc(C(=O)Oc3ccc(C(=O)OCC(F)(F)C(F)F)cc3)cc2)cc1. The highest BCUT2D eigenvalue weighted by atomic mass is 19.3. The maximum absolute atomic E-state index is 12.9. The van der Waals surface area contributed by atoms with E-state index in [1.54, 1.807) is 24.3 Å². The van der Waals surface area contributed by atoms with Crippen molar-refractivity contribution in [3.63, 3.8) is 0 Å². The van der Waals surface area contributed by atoms with Crippen LogP contribution in [0, 0.1) is 11.8 Å². The van der Waals surface area contributed by atoms with Crippen LogP contribution in [0.1, 0.15) is 58.0 Å². The van der Waals surface area contributed by atoms with Gasteiger partial charge in [-0.25, -0.2) is 18.4 Å². The van der Waals surface area contributed by atoms with E-state index < -0.39 is 30.9 Å². The average Bonchev–Trinajstić information content (AvgIpc) is 2.94. The Balaban J connectivity index is 1.51. The lowest BCUT2D eigenvalue weighted by molar-refractivity contribution is -0.155. The van der Waals surface area contributed by atoms with Crippen molar-refractivity contribution in [2.75, 3.05) is 13.2 Å². The number of unbranched alkanes of at least 4 members (excludes halogenated alkanes) is 2. The Kier molecular flexibility index (Phi) is 10.5. The lowest BCUT2D eigenvalue weighted by Crippen LogP contribution is -2.33. The molecule has 0 fully saturated rings. The largest absolute Gasteiger partial charge is 0.494 e. The predicted octanol–water partition coefficient (Wildman–Crippen LogP) is 6.93. The number of alkyl halides is 4. The molecule has 204 valence electrons. The molecule has 3 rings (SSSR count). The fraction of sp³-hybridized carbons (Fsp3) is 0.267. The van der Waals surface area contributed by atoms with Gasteiger partial charge in [-0.3, -0.25) is 0 Å². The van der Waals surface area contributed by atoms with Gasteiger partial charge in [-0.1, -0.05) is 31.6 Å². The number of ether oxygens (including phenoxy) is 3. The van der Waals surface area contributed by atoms with Gasteiger partial charge in [-0.05, 0) is 79.2 Å². The molecule has 0 aliphatic rings. The summed E-state index contributed by atoms with van der Waals surface area (Å²) in [6, 6.07) is 18.8. The Morgan fingerprint density at radius 1 is 0.769 bits per heavy atom. The van der Waals surface area contributed by atoms with Crippen LogP contribution in [0.25, 0.3) is 0 Å². The van der Waals surface area contributed by atoms with Crippen molar-refractivity contribution in [1.82, 2.24) is 0 Å². The van der Waals surface area contributed by atoms with Gasteiger partial charge in [0.2, 0.25) is 0 Å². The van der Waals surface area contributed by atoms with Crippen molar-refractivity contribution >= 4 is 11.9 Å². The van der Waals surface area contributed by atoms with E-state index in [2.05, 4.69) is 23.5 Å². The molecule has 3 aromatic rings. The van der Waals surface area contributed by atoms with Crippen LogP contribution in [-0.4, -0.2) is 37.5 Å². The van der Waals surface area contributed by atoms with Gasteiger partial charge in [0.15, 0.2) is 6.61 Å². The second-order valence-electron chi connectivity index (χ2n) is 8.46. The zero-order valence-corrected chi connectivity index (χ0v) is 21.1. The molecule has 0 saturated carbocycles. The maximum atomic E-state index is 12.9. The van der Waals surface area contributed by atoms with E-state index in [1.807, 2.05) is 24.3 Å². The van der Waals surface area contributed by atoms with E-state index in [9.17, 15) is 27.2 Å². The summed E-state index contributed by atoms with van der Waals surface area (Å²) < 4.78 is 65.3. The van der Waals surface area contributed by atoms with Crippen molar-refractivity contribution < 1.29 is 41.4 Å². The molecule has 5 nitrogen and oxygen atoms in total. The number of carbonyl (C=O) groups excluding carboxylic acids is 2. The van der Waals surface area contributed by atoms with E-state index in [1.165, 1.54) is 12.1 Å². The summed E-state index contributed by atoms with van der Waals surface area (Å²) in [5.74, 6) is 0.624. The van der Waals surface area contributed by atoms with Crippen molar-refractivity contribution in [1.29, 1.82) is 0 Å². The number of halogens is 4. The van der Waals surface area contributed by atoms with E-state index in [0.29, 0.717) is 12.2 Å². The van der Waals surface area contributed by atoms with Crippen LogP contribution < -0.4 is 9.47 Å². The minimum absolute atomic E-state index is 0.0797. The van der Waals surface area contributed by atoms with Gasteiger partial charge in [0.25, 0.3) is 0 Å². The molecule has 9 heteroatoms. The fourth-order valence-electron chi connectivity index (χ4n) is 3.14. The second-order valence-corrected chi connectivity index (χ2v) is 8.46. The predicted molar refractivity (Wildman–Crippen MR) is 137 cm³/mol. The Morgan fingerprint density at radius 2 is 1.28 bits per heavy atom. The Hall–Kier alpha value is -4.32. The van der Waals surface area contributed by atoms with E-state index in [-0.39, 0.29) is 16.9 Å². The third-order valence-corrected chi connectivity index (χ3v) is 5.36. The molecule has 0 amide bonds. The molecule has 0 heterocycles. The smallest absolute Gasteiger partial charge is 0.343 e. The zero-order chi connectivity index (χ0) is 28.3. The summed E-state index contributed by atoms with van der Waals surface area (Å²) in [4.78, 5) is 24.2. The number of hydrogen-bond donors (Lipinski definition) is 0. The summed E-state index contributed by atoms with van der Waals surface area (Å²) in [6.07, 6.45) is -0.666. The minimum Gasteiger partial charge on any atom is -0.494 e. The molecule has 0 aromatic heterocycles. The van der Waals surface area contributed by atoms with Crippen LogP contribution in [0.2, 0.25) is 0 Å². The number of hydrogen-bond acceptors (Lipinski definition) is 5. The number of esters is 2. The topological polar surface area (TPSA) is 61.8 Å². The Labute approximate surface area is 223 Å². The van der Waals surface area contributed by atoms with Gasteiger partial charge in [0, 0.05) is 11.1 Å². The molecule has 0 atom stereocenters. The van der Waals surface area contributed by atoms with E-state index >= 15 is 0 Å². The van der Waals surface area contributed by atoms with Crippen LogP contribution >= 0.6 is 0 Å². The Bertz CT molecular complexity index is 1290. The van der Waals surface area contributed by atoms with Gasteiger partial charge in [-0.15, -0.1) is 0 Å². The van der Waals surface area contributed by atoms with Crippen LogP contribution in [0.4, 0.5) is 17.6 Å². The first-order valence-corrected chi connectivity index (χ1v) is 12.2. The summed E-state index contributed by atoms with van der Waals surface area (Å²) >= 11 is 0. The summed E-state index contributed by atoms with van der Waals surface area (Å²) in [6.45, 7) is 1.07. The monoisotopic (exact) mass is 542 g/mol. The molecule has 0 saturated heterocycles. The highest BCUT2D eigenvalue weighted by Gasteiger charge is 2.42. The van der Waals surface area contributed by atoms with Crippen molar-refractivity contribution in [3.05, 3.63) is 95.1 Å². The molecular weight excluding hydrogens is 516 g/mol. The van der Waals surface area contributed by atoms with Crippen molar-refractivity contribution in [2.24, 2.45) is 0 Å². The summed E-state index contributed by atoms with van der Waals surface area (Å²) in [7, 11) is 0. The van der Waals surface area contributed by atoms with Crippen LogP contribution in [-0.2, 0) is 4.74 Å². The summed E-state index contributed by atoms with van der Waals surface area (Å²) in [5.41, 5.74) is 1.58. The molecule has 0 spiro atoms. The molecular formula is C30H26F4O5. The first kappa shape index (κ1) is 29.2. The zero-order valence-electron chi connectivity index (χ0n) is 21.1. The van der Waals surface area contributed by atoms with Crippen molar-refractivity contribution in [3.8, 4) is 23.3 Å². The quantitative estimate of drug-likeness (QED) is 0.0865. The van der Waals surface area contributed by atoms with Gasteiger partial charge in [-0.2, -0.15) is 8.78 Å². The number of rotatable bonds is 11. The first-order chi connectivity index (χ1) is 18.7. The van der Waals surface area contributed by atoms with Gasteiger partial charge in [0.1, 0.15) is 11.5 Å². The lowest BCUT2D eigenvalue weighted by atomic mass is 10.1. The third kappa shape index (κ3) is 9.18. The molecule has 39 heavy (non-hydrogen) atoms. The maximum Gasteiger partial charge on any atom is 0.343 e. The highest BCUT2D eigenvalue weighted by molar-refractivity contribution is 5.92. The normalized spacial score (nSPS) is 10.9. The Morgan fingerprint density at radius 3 is 1.85 bits per heavy atom. The van der Waals surface area contributed by atoms with Gasteiger partial charge >= 0.3 is 24.3 Å². The van der Waals surface area contributed by atoms with Crippen LogP contribution in [0.3, 0.4) is 0 Å². The number of benzene rings is 3. The standard InChI is InChI=1S/C30H26F4O5/c1-2-3-4-19-37-25-15-9-22(10-16-25)6-5-21-7-11-24(12-8-21)28(36)39-26-17-13-23(14-18-26)27(35)38-20-30(33,34)29(31)32/h7-18,29H,2-4,19-20H2,1H3. The summed E-state index contributed by atoms with van der Waals surface area (Å²) in [5, 5.41) is 0. The van der Waals surface area contributed by atoms with Crippen LogP contribution in [0.5, 0.6) is 11.5 Å². The molecule has 0 radical (unpaired) electrons. The molecule has 0 bridgehead atoms. The minimum atomic E-state index is -4.44. The molecule has 0 N–H and O–H groups in total. The molecule has 0 aliphatic carbocycles. The fourth-order valence-corrected chi connectivity index (χ4v) is 3.14. The molecule has 0 aliphatic heterocycles. The second kappa shape index (κ2) is 14.0. The average molecular weight is 543 g/mol. The van der Waals surface area contributed by atoms with Crippen molar-refractivity contribution in [2.45, 2.75) is 38.5 Å². The van der Waals surface area contributed by atoms with Crippen LogP contribution in [0.15, 0.2) is 72.8 Å². The van der Waals surface area contributed by atoms with E-state index in [0.717, 1.165) is 42.7 Å². The van der Waals surface area contributed by atoms with Gasteiger partial charge in [0.05, 0.1) is 17.7 Å². The first-order valence-electron chi connectivity index (χ1n) is 12.2. The lowest BCUT2D eigenvalue weighted by Gasteiger charge is -2.15. The molecule has 0 unspecified atom stereocenters. The number of carbonyl (C=O) groups is 2. The van der Waals surface area contributed by atoms with E-state index in [4.69, 9.17) is 9.47 Å². The molecule has 3 aromatic carbocycles.